The van der Waals surface area contributed by atoms with Crippen LogP contribution >= 0.6 is 0 Å². The van der Waals surface area contributed by atoms with E-state index in [0.29, 0.717) is 24.4 Å². The lowest BCUT2D eigenvalue weighted by Gasteiger charge is -2.17. The Labute approximate surface area is 153 Å². The highest BCUT2D eigenvalue weighted by molar-refractivity contribution is 5.88. The predicted molar refractivity (Wildman–Crippen MR) is 104 cm³/mol. The van der Waals surface area contributed by atoms with Crippen LogP contribution in [0.15, 0.2) is 51.7 Å². The van der Waals surface area contributed by atoms with Crippen molar-refractivity contribution in [2.75, 3.05) is 28.2 Å². The van der Waals surface area contributed by atoms with Gasteiger partial charge in [0, 0.05) is 35.8 Å². The van der Waals surface area contributed by atoms with E-state index >= 15 is 0 Å². The summed E-state index contributed by atoms with van der Waals surface area (Å²) in [4.78, 5) is 16.8. The summed E-state index contributed by atoms with van der Waals surface area (Å²) in [5, 5.41) is 10.9. The second-order valence-electron chi connectivity index (χ2n) is 7.06. The Morgan fingerprint density at radius 2 is 1.54 bits per heavy atom. The minimum absolute atomic E-state index is 0.00423. The molecule has 5 nitrogen and oxygen atoms in total. The first kappa shape index (κ1) is 18.2. The monoisotopic (exact) mass is 352 g/mol. The molecule has 0 radical (unpaired) electrons. The third kappa shape index (κ3) is 3.64. The molecule has 0 unspecified atom stereocenters. The normalized spacial score (nSPS) is 11.6. The van der Waals surface area contributed by atoms with Gasteiger partial charge in [0.25, 0.3) is 0 Å². The van der Waals surface area contributed by atoms with Gasteiger partial charge in [-0.05, 0) is 34.3 Å². The zero-order valence-electron chi connectivity index (χ0n) is 15.6. The average Bonchev–Trinajstić information content (AvgIpc) is 2.58. The molecule has 0 spiro atoms. The van der Waals surface area contributed by atoms with Crippen LogP contribution in [0.25, 0.3) is 22.3 Å². The maximum atomic E-state index is 12.8. The number of fused-ring (bicyclic) bond motifs is 1. The van der Waals surface area contributed by atoms with Crippen molar-refractivity contribution in [3.05, 3.63) is 63.8 Å². The number of aromatic hydroxyl groups is 1. The van der Waals surface area contributed by atoms with Crippen molar-refractivity contribution in [3.63, 3.8) is 0 Å². The average molecular weight is 352 g/mol. The fourth-order valence-corrected chi connectivity index (χ4v) is 3.11. The molecule has 136 valence electrons. The molecule has 0 bridgehead atoms. The van der Waals surface area contributed by atoms with Gasteiger partial charge in [0.15, 0.2) is 5.43 Å². The maximum absolute atomic E-state index is 12.8. The van der Waals surface area contributed by atoms with E-state index < -0.39 is 0 Å². The molecule has 5 heteroatoms. The van der Waals surface area contributed by atoms with Gasteiger partial charge in [-0.25, -0.2) is 0 Å². The van der Waals surface area contributed by atoms with Gasteiger partial charge >= 0.3 is 0 Å². The Morgan fingerprint density at radius 1 is 0.923 bits per heavy atom. The largest absolute Gasteiger partial charge is 0.507 e. The van der Waals surface area contributed by atoms with Crippen LogP contribution in [0.5, 0.6) is 5.75 Å². The zero-order chi connectivity index (χ0) is 18.8. The molecule has 0 saturated heterocycles. The lowest BCUT2D eigenvalue weighted by Crippen LogP contribution is -2.15. The molecule has 0 fully saturated rings. The minimum atomic E-state index is -0.233. The molecular weight excluding hydrogens is 328 g/mol. The summed E-state index contributed by atoms with van der Waals surface area (Å²) in [5.74, 6) is 0.507. The smallest absolute Gasteiger partial charge is 0.197 e. The first-order valence-electron chi connectivity index (χ1n) is 8.53. The van der Waals surface area contributed by atoms with Crippen molar-refractivity contribution in [2.45, 2.75) is 13.1 Å². The summed E-state index contributed by atoms with van der Waals surface area (Å²) in [5.41, 5.74) is 2.65. The Kier molecular flexibility index (Phi) is 5.11. The van der Waals surface area contributed by atoms with Gasteiger partial charge in [-0.15, -0.1) is 0 Å². The fraction of sp³-hybridized carbons (Fsp3) is 0.286. The lowest BCUT2D eigenvalue weighted by molar-refractivity contribution is 0.382. The summed E-state index contributed by atoms with van der Waals surface area (Å²) >= 11 is 0. The topological polar surface area (TPSA) is 56.9 Å². The van der Waals surface area contributed by atoms with E-state index in [-0.39, 0.29) is 16.6 Å². The number of rotatable bonds is 5. The predicted octanol–water partition coefficient (Wildman–Crippen LogP) is 3.29. The number of phenolic OH excluding ortho intramolecular Hbond substituents is 1. The highest BCUT2D eigenvalue weighted by atomic mass is 16.3. The highest BCUT2D eigenvalue weighted by Gasteiger charge is 2.18. The first-order chi connectivity index (χ1) is 12.4. The third-order valence-electron chi connectivity index (χ3n) is 4.16. The van der Waals surface area contributed by atoms with Crippen molar-refractivity contribution in [3.8, 4) is 17.1 Å². The van der Waals surface area contributed by atoms with E-state index in [1.807, 2.05) is 74.4 Å². The van der Waals surface area contributed by atoms with E-state index in [1.165, 1.54) is 6.07 Å². The van der Waals surface area contributed by atoms with E-state index in [1.54, 1.807) is 0 Å². The van der Waals surface area contributed by atoms with Crippen molar-refractivity contribution in [1.82, 2.24) is 9.80 Å². The molecule has 0 atom stereocenters. The van der Waals surface area contributed by atoms with Gasteiger partial charge in [0.2, 0.25) is 0 Å². The van der Waals surface area contributed by atoms with Crippen LogP contribution in [-0.4, -0.2) is 43.1 Å². The Balaban J connectivity index is 2.30. The molecule has 0 aliphatic carbocycles. The quantitative estimate of drug-likeness (QED) is 0.764. The van der Waals surface area contributed by atoms with Crippen LogP contribution in [0.4, 0.5) is 0 Å². The van der Waals surface area contributed by atoms with Crippen molar-refractivity contribution < 1.29 is 9.52 Å². The molecule has 1 aromatic heterocycles. The van der Waals surface area contributed by atoms with Crippen LogP contribution in [0.3, 0.4) is 0 Å². The van der Waals surface area contributed by atoms with Gasteiger partial charge < -0.3 is 19.3 Å². The number of benzene rings is 2. The first-order valence-corrected chi connectivity index (χ1v) is 8.53. The Morgan fingerprint density at radius 3 is 2.15 bits per heavy atom. The molecule has 2 aromatic carbocycles. The second-order valence-corrected chi connectivity index (χ2v) is 7.06. The summed E-state index contributed by atoms with van der Waals surface area (Å²) in [6.45, 7) is 1.15. The van der Waals surface area contributed by atoms with Gasteiger partial charge in [-0.1, -0.05) is 30.3 Å². The van der Waals surface area contributed by atoms with Crippen LogP contribution in [-0.2, 0) is 13.1 Å². The van der Waals surface area contributed by atoms with Crippen molar-refractivity contribution >= 4 is 11.0 Å². The Bertz CT molecular complexity index is 976. The molecule has 0 amide bonds. The van der Waals surface area contributed by atoms with E-state index in [4.69, 9.17) is 4.42 Å². The summed E-state index contributed by atoms with van der Waals surface area (Å²) in [6, 6.07) is 12.9. The molecule has 1 N–H and O–H groups in total. The van der Waals surface area contributed by atoms with Crippen LogP contribution in [0.2, 0.25) is 0 Å². The van der Waals surface area contributed by atoms with E-state index in [9.17, 15) is 9.90 Å². The molecule has 0 saturated carbocycles. The highest BCUT2D eigenvalue weighted by Crippen LogP contribution is 2.33. The molecule has 26 heavy (non-hydrogen) atoms. The van der Waals surface area contributed by atoms with Gasteiger partial charge in [-0.2, -0.15) is 0 Å². The minimum Gasteiger partial charge on any atom is -0.507 e. The Hall–Kier alpha value is -2.63. The van der Waals surface area contributed by atoms with Crippen LogP contribution in [0.1, 0.15) is 11.1 Å². The molecule has 3 aromatic rings. The van der Waals surface area contributed by atoms with Gasteiger partial charge in [0.05, 0.1) is 0 Å². The molecule has 0 aliphatic heterocycles. The number of hydrogen-bond acceptors (Lipinski definition) is 5. The summed E-state index contributed by atoms with van der Waals surface area (Å²) < 4.78 is 6.10. The van der Waals surface area contributed by atoms with Crippen LogP contribution < -0.4 is 5.43 Å². The van der Waals surface area contributed by atoms with Crippen molar-refractivity contribution in [1.29, 1.82) is 0 Å². The van der Waals surface area contributed by atoms with Gasteiger partial charge in [0.1, 0.15) is 22.5 Å². The number of phenols is 1. The van der Waals surface area contributed by atoms with Gasteiger partial charge in [-0.3, -0.25) is 4.79 Å². The van der Waals surface area contributed by atoms with Crippen LogP contribution in [0, 0.1) is 0 Å². The third-order valence-corrected chi connectivity index (χ3v) is 4.16. The summed E-state index contributed by atoms with van der Waals surface area (Å²) in [7, 11) is 7.78. The fourth-order valence-electron chi connectivity index (χ4n) is 3.11. The van der Waals surface area contributed by atoms with Crippen molar-refractivity contribution in [2.24, 2.45) is 0 Å². The number of hydrogen-bond donors (Lipinski definition) is 1. The zero-order valence-corrected chi connectivity index (χ0v) is 15.6. The standard InChI is InChI=1S/C21H24N2O3/c1-22(2)12-15-10-16(13-23(3)4)21-19(20(15)25)17(24)11-18(26-21)14-8-6-5-7-9-14/h5-11,25H,12-13H2,1-4H3. The SMILES string of the molecule is CN(C)Cc1cc(CN(C)C)c2oc(-c3ccccc3)cc(=O)c2c1O. The summed E-state index contributed by atoms with van der Waals surface area (Å²) in [6.07, 6.45) is 0. The second kappa shape index (κ2) is 7.32. The molecule has 3 rings (SSSR count). The lowest BCUT2D eigenvalue weighted by atomic mass is 10.0. The number of nitrogens with zero attached hydrogens (tertiary/aromatic N) is 2. The molecule has 0 aliphatic rings. The van der Waals surface area contributed by atoms with E-state index in [2.05, 4.69) is 0 Å². The maximum Gasteiger partial charge on any atom is 0.197 e. The molecule has 1 heterocycles. The molecular formula is C21H24N2O3. The van der Waals surface area contributed by atoms with E-state index in [0.717, 1.165) is 16.7 Å².